The van der Waals surface area contributed by atoms with E-state index in [0.29, 0.717) is 3.57 Å². The summed E-state index contributed by atoms with van der Waals surface area (Å²) in [4.78, 5) is -0.888. The molecule has 0 bridgehead atoms. The summed E-state index contributed by atoms with van der Waals surface area (Å²) in [5.41, 5.74) is 0. The fourth-order valence-electron chi connectivity index (χ4n) is 1.80. The van der Waals surface area contributed by atoms with E-state index in [0.717, 1.165) is 0 Å². The second kappa shape index (κ2) is 4.85. The maximum Gasteiger partial charge on any atom is 0.340 e. The molecule has 110 valence electrons. The molecule has 0 radical (unpaired) electrons. The lowest BCUT2D eigenvalue weighted by molar-refractivity contribution is 0.437. The van der Waals surface area contributed by atoms with Crippen molar-refractivity contribution in [2.24, 2.45) is 0 Å². The molecule has 0 fully saturated rings. The van der Waals surface area contributed by atoms with Gasteiger partial charge in [0.15, 0.2) is 11.5 Å². The zero-order valence-electron chi connectivity index (χ0n) is 10.2. The summed E-state index contributed by atoms with van der Waals surface area (Å²) in [5, 5.41) is 0. The highest BCUT2D eigenvalue weighted by Gasteiger charge is 2.33. The Hall–Kier alpha value is -1.33. The Morgan fingerprint density at radius 2 is 1.29 bits per heavy atom. The molecular formula is C12H7IO6S2. The van der Waals surface area contributed by atoms with Crippen LogP contribution in [0.5, 0.6) is 11.5 Å². The third-order valence-corrected chi connectivity index (χ3v) is 6.06. The molecule has 1 heterocycles. The van der Waals surface area contributed by atoms with Gasteiger partial charge in [0.2, 0.25) is 0 Å². The minimum atomic E-state index is -4.27. The van der Waals surface area contributed by atoms with Crippen LogP contribution in [0.2, 0.25) is 0 Å². The van der Waals surface area contributed by atoms with Gasteiger partial charge in [-0.15, -0.1) is 0 Å². The van der Waals surface area contributed by atoms with E-state index in [9.17, 15) is 16.8 Å². The van der Waals surface area contributed by atoms with Crippen LogP contribution in [0.25, 0.3) is 0 Å². The van der Waals surface area contributed by atoms with Crippen LogP contribution in [-0.2, 0) is 20.2 Å². The molecule has 9 heteroatoms. The maximum atomic E-state index is 12.3. The fourth-order valence-corrected chi connectivity index (χ4v) is 5.17. The molecule has 21 heavy (non-hydrogen) atoms. The molecular weight excluding hydrogens is 431 g/mol. The second-order valence-electron chi connectivity index (χ2n) is 4.11. The Morgan fingerprint density at radius 3 is 1.86 bits per heavy atom. The van der Waals surface area contributed by atoms with Crippen molar-refractivity contribution in [1.29, 1.82) is 0 Å². The van der Waals surface area contributed by atoms with Crippen LogP contribution >= 0.6 is 22.6 Å². The zero-order valence-corrected chi connectivity index (χ0v) is 14.0. The van der Waals surface area contributed by atoms with Gasteiger partial charge in [-0.3, -0.25) is 0 Å². The van der Waals surface area contributed by atoms with E-state index in [1.165, 1.54) is 42.5 Å². The molecule has 3 rings (SSSR count). The van der Waals surface area contributed by atoms with Crippen LogP contribution in [0.15, 0.2) is 52.3 Å². The topological polar surface area (TPSA) is 86.7 Å². The molecule has 0 spiro atoms. The fraction of sp³-hybridized carbons (Fsp3) is 0. The highest BCUT2D eigenvalue weighted by molar-refractivity contribution is 14.1. The van der Waals surface area contributed by atoms with E-state index < -0.39 is 30.0 Å². The molecule has 2 aromatic rings. The first kappa shape index (κ1) is 14.6. The Kier molecular flexibility index (Phi) is 3.37. The monoisotopic (exact) mass is 438 g/mol. The molecule has 0 saturated carbocycles. The van der Waals surface area contributed by atoms with E-state index in [-0.39, 0.29) is 11.5 Å². The normalized spacial score (nSPS) is 18.1. The van der Waals surface area contributed by atoms with E-state index in [1.807, 2.05) is 22.6 Å². The van der Waals surface area contributed by atoms with Crippen molar-refractivity contribution in [2.75, 3.05) is 0 Å². The maximum absolute atomic E-state index is 12.3. The molecule has 0 aromatic heterocycles. The highest BCUT2D eigenvalue weighted by Crippen LogP contribution is 2.36. The van der Waals surface area contributed by atoms with Gasteiger partial charge in [-0.2, -0.15) is 16.8 Å². The predicted molar refractivity (Wildman–Crippen MR) is 81.2 cm³/mol. The summed E-state index contributed by atoms with van der Waals surface area (Å²) in [5.74, 6) is -0.351. The van der Waals surface area contributed by atoms with Gasteiger partial charge in [-0.25, -0.2) is 0 Å². The molecule has 1 aliphatic rings. The van der Waals surface area contributed by atoms with Gasteiger partial charge in [-0.1, -0.05) is 12.1 Å². The first-order valence-electron chi connectivity index (χ1n) is 5.57. The molecule has 0 amide bonds. The molecule has 0 saturated heterocycles. The first-order valence-corrected chi connectivity index (χ1v) is 9.47. The standard InChI is InChI=1S/C12H7IO6S2/c13-8-5-6-11-12(7-8)21(16,17)19-10-4-2-1-3-9(10)18-20(11,14)15/h1-7H. The van der Waals surface area contributed by atoms with E-state index in [2.05, 4.69) is 0 Å². The van der Waals surface area contributed by atoms with Crippen molar-refractivity contribution in [2.45, 2.75) is 9.79 Å². The number of benzene rings is 2. The summed E-state index contributed by atoms with van der Waals surface area (Å²) in [6.45, 7) is 0. The number of rotatable bonds is 0. The van der Waals surface area contributed by atoms with Crippen LogP contribution < -0.4 is 8.37 Å². The first-order chi connectivity index (χ1) is 9.79. The van der Waals surface area contributed by atoms with Gasteiger partial charge in [0, 0.05) is 3.57 Å². The lowest BCUT2D eigenvalue weighted by Crippen LogP contribution is -2.21. The molecule has 1 aliphatic heterocycles. The minimum absolute atomic E-state index is 0.175. The van der Waals surface area contributed by atoms with Crippen molar-refractivity contribution in [3.8, 4) is 11.5 Å². The van der Waals surface area contributed by atoms with Crippen LogP contribution in [0.3, 0.4) is 0 Å². The molecule has 0 aliphatic carbocycles. The average molecular weight is 438 g/mol. The number of hydrogen-bond donors (Lipinski definition) is 0. The second-order valence-corrected chi connectivity index (χ2v) is 8.39. The largest absolute Gasteiger partial charge is 0.375 e. The zero-order chi connectivity index (χ0) is 15.3. The van der Waals surface area contributed by atoms with Crippen molar-refractivity contribution in [3.05, 3.63) is 46.0 Å². The Morgan fingerprint density at radius 1 is 0.762 bits per heavy atom. The van der Waals surface area contributed by atoms with E-state index in [4.69, 9.17) is 8.37 Å². The molecule has 0 N–H and O–H groups in total. The number of para-hydroxylation sites is 2. The molecule has 2 aromatic carbocycles. The molecule has 0 atom stereocenters. The Bertz CT molecular complexity index is 934. The van der Waals surface area contributed by atoms with Crippen molar-refractivity contribution in [3.63, 3.8) is 0 Å². The third-order valence-electron chi connectivity index (χ3n) is 2.69. The van der Waals surface area contributed by atoms with Crippen LogP contribution in [0.4, 0.5) is 0 Å². The van der Waals surface area contributed by atoms with Gasteiger partial charge in [0.05, 0.1) is 0 Å². The summed E-state index contributed by atoms with van der Waals surface area (Å²) in [6, 6.07) is 9.55. The smallest absolute Gasteiger partial charge is 0.340 e. The summed E-state index contributed by atoms with van der Waals surface area (Å²) >= 11 is 1.88. The van der Waals surface area contributed by atoms with Gasteiger partial charge in [-0.05, 0) is 52.9 Å². The van der Waals surface area contributed by atoms with Crippen molar-refractivity contribution in [1.82, 2.24) is 0 Å². The summed E-state index contributed by atoms with van der Waals surface area (Å²) in [6.07, 6.45) is 0. The number of hydrogen-bond acceptors (Lipinski definition) is 6. The van der Waals surface area contributed by atoms with Crippen molar-refractivity contribution >= 4 is 42.8 Å². The highest BCUT2D eigenvalue weighted by atomic mass is 127. The van der Waals surface area contributed by atoms with Gasteiger partial charge in [0.25, 0.3) is 0 Å². The quantitative estimate of drug-likeness (QED) is 0.463. The third kappa shape index (κ3) is 2.60. The number of fused-ring (bicyclic) bond motifs is 2. The van der Waals surface area contributed by atoms with Gasteiger partial charge >= 0.3 is 20.2 Å². The minimum Gasteiger partial charge on any atom is -0.375 e. The van der Waals surface area contributed by atoms with Crippen molar-refractivity contribution < 1.29 is 25.2 Å². The molecule has 6 nitrogen and oxygen atoms in total. The lowest BCUT2D eigenvalue weighted by atomic mass is 10.3. The summed E-state index contributed by atoms with van der Waals surface area (Å²) < 4.78 is 59.6. The van der Waals surface area contributed by atoms with Gasteiger partial charge in [0.1, 0.15) is 9.79 Å². The van der Waals surface area contributed by atoms with E-state index in [1.54, 1.807) is 0 Å². The van der Waals surface area contributed by atoms with Crippen LogP contribution in [0.1, 0.15) is 0 Å². The Balaban J connectivity index is 2.36. The van der Waals surface area contributed by atoms with Gasteiger partial charge < -0.3 is 8.37 Å². The van der Waals surface area contributed by atoms with Crippen LogP contribution in [0, 0.1) is 3.57 Å². The predicted octanol–water partition coefficient (Wildman–Crippen LogP) is 2.14. The van der Waals surface area contributed by atoms with Crippen LogP contribution in [-0.4, -0.2) is 16.8 Å². The lowest BCUT2D eigenvalue weighted by Gasteiger charge is -2.18. The SMILES string of the molecule is O=S1(=O)Oc2ccccc2OS(=O)(=O)c2cc(I)ccc21. The summed E-state index contributed by atoms with van der Waals surface area (Å²) in [7, 11) is -8.54. The molecule has 0 unspecified atom stereocenters. The van der Waals surface area contributed by atoms with E-state index >= 15 is 0 Å². The number of halogens is 1. The average Bonchev–Trinajstić information content (AvgIpc) is 2.39. The Labute approximate surface area is 135 Å².